The Morgan fingerprint density at radius 1 is 0.953 bits per heavy atom. The van der Waals surface area contributed by atoms with Gasteiger partial charge >= 0.3 is 0 Å². The van der Waals surface area contributed by atoms with Crippen LogP contribution in [0.4, 0.5) is 11.4 Å². The fraction of sp³-hybridized carbons (Fsp3) is 0.353. The first kappa shape index (κ1) is 30.3. The zero-order valence-electron chi connectivity index (χ0n) is 24.2. The van der Waals surface area contributed by atoms with Gasteiger partial charge in [0.15, 0.2) is 5.76 Å². The summed E-state index contributed by atoms with van der Waals surface area (Å²) in [4.78, 5) is 25.5. The van der Waals surface area contributed by atoms with Crippen molar-refractivity contribution in [3.8, 4) is 11.1 Å². The van der Waals surface area contributed by atoms with E-state index in [1.54, 1.807) is 12.1 Å². The Bertz CT molecular complexity index is 1460. The van der Waals surface area contributed by atoms with Gasteiger partial charge in [-0.1, -0.05) is 54.6 Å². The number of aliphatic hydroxyl groups is 1. The summed E-state index contributed by atoms with van der Waals surface area (Å²) in [6, 6.07) is 21.9. The van der Waals surface area contributed by atoms with Crippen molar-refractivity contribution in [1.29, 1.82) is 0 Å². The predicted octanol–water partition coefficient (Wildman–Crippen LogP) is 4.50. The van der Waals surface area contributed by atoms with Gasteiger partial charge in [0.1, 0.15) is 0 Å². The number of rotatable bonds is 14. The van der Waals surface area contributed by atoms with Gasteiger partial charge in [-0.25, -0.2) is 0 Å². The lowest BCUT2D eigenvalue weighted by molar-refractivity contribution is -0.151. The third-order valence-electron chi connectivity index (χ3n) is 7.69. The third-order valence-corrected chi connectivity index (χ3v) is 7.69. The Morgan fingerprint density at radius 2 is 1.77 bits per heavy atom. The smallest absolute Gasteiger partial charge is 0.286 e. The van der Waals surface area contributed by atoms with Gasteiger partial charge in [-0.15, -0.1) is 0 Å². The molecule has 5 N–H and O–H groups in total. The number of unbranched alkanes of at least 4 members (excludes halogenated alkanes) is 1. The number of anilines is 2. The molecule has 0 aromatic heterocycles. The number of fused-ring (bicyclic) bond motifs is 3. The zero-order chi connectivity index (χ0) is 30.0. The van der Waals surface area contributed by atoms with E-state index in [1.807, 2.05) is 18.2 Å². The average molecular weight is 586 g/mol. The van der Waals surface area contributed by atoms with Crippen LogP contribution in [0.3, 0.4) is 0 Å². The second-order valence-corrected chi connectivity index (χ2v) is 10.7. The molecule has 2 aliphatic rings. The standard InChI is InChI=1S/C34H39N3O6/c35-29-12-3-4-13-30(29)37-32(39)14-5-6-15-36-34(40)31-21-24(22-33(43-31)42-19-18-41-17-16-38)26-10-7-11-27-25-9-2-1-8-23(25)20-28(26)27/h1-4,7-13,21,24,33,38H,5-6,14-20,22,35H2,(H,36,40)(H,37,39)/t24-,33+/m0/s1. The molecule has 1 aliphatic heterocycles. The van der Waals surface area contributed by atoms with E-state index in [4.69, 9.17) is 25.1 Å². The fourth-order valence-electron chi connectivity index (χ4n) is 5.59. The fourth-order valence-corrected chi connectivity index (χ4v) is 5.59. The number of ether oxygens (including phenoxy) is 3. The van der Waals surface area contributed by atoms with Crippen LogP contribution in [0.1, 0.15) is 48.3 Å². The first-order valence-electron chi connectivity index (χ1n) is 14.8. The summed E-state index contributed by atoms with van der Waals surface area (Å²) in [7, 11) is 0. The van der Waals surface area contributed by atoms with Gasteiger partial charge in [0.2, 0.25) is 12.2 Å². The molecule has 0 radical (unpaired) electrons. The molecular formula is C34H39N3O6. The summed E-state index contributed by atoms with van der Waals surface area (Å²) in [5, 5.41) is 14.7. The van der Waals surface area contributed by atoms with E-state index in [9.17, 15) is 9.59 Å². The van der Waals surface area contributed by atoms with Gasteiger partial charge in [-0.2, -0.15) is 0 Å². The van der Waals surface area contributed by atoms with Crippen molar-refractivity contribution >= 4 is 23.2 Å². The van der Waals surface area contributed by atoms with Crippen LogP contribution in [0, 0.1) is 0 Å². The van der Waals surface area contributed by atoms with Gasteiger partial charge < -0.3 is 35.7 Å². The number of benzene rings is 3. The Balaban J connectivity index is 1.20. The van der Waals surface area contributed by atoms with Crippen molar-refractivity contribution < 1.29 is 28.9 Å². The van der Waals surface area contributed by atoms with Crippen LogP contribution in [0.2, 0.25) is 0 Å². The first-order valence-corrected chi connectivity index (χ1v) is 14.8. The molecule has 9 heteroatoms. The second-order valence-electron chi connectivity index (χ2n) is 10.7. The van der Waals surface area contributed by atoms with Crippen molar-refractivity contribution in [1.82, 2.24) is 5.32 Å². The van der Waals surface area contributed by atoms with Crippen molar-refractivity contribution in [3.63, 3.8) is 0 Å². The lowest BCUT2D eigenvalue weighted by Crippen LogP contribution is -2.34. The van der Waals surface area contributed by atoms with Gasteiger partial charge in [-0.05, 0) is 65.3 Å². The number of aliphatic hydroxyl groups excluding tert-OH is 1. The summed E-state index contributed by atoms with van der Waals surface area (Å²) in [5.41, 5.74) is 13.2. The number of allylic oxidation sites excluding steroid dienone is 1. The van der Waals surface area contributed by atoms with E-state index in [2.05, 4.69) is 53.1 Å². The largest absolute Gasteiger partial charge is 0.459 e. The molecule has 1 aliphatic carbocycles. The van der Waals surface area contributed by atoms with Gasteiger partial charge in [-0.3, -0.25) is 9.59 Å². The van der Waals surface area contributed by atoms with Gasteiger partial charge in [0, 0.05) is 25.3 Å². The maximum absolute atomic E-state index is 13.2. The topological polar surface area (TPSA) is 132 Å². The number of carbonyl (C=O) groups excluding carboxylic acids is 2. The minimum Gasteiger partial charge on any atom is -0.459 e. The van der Waals surface area contributed by atoms with E-state index in [0.29, 0.717) is 50.2 Å². The second kappa shape index (κ2) is 14.8. The third kappa shape index (κ3) is 7.81. The molecule has 0 bridgehead atoms. The molecule has 226 valence electrons. The number of nitrogens with two attached hydrogens (primary N) is 1. The predicted molar refractivity (Wildman–Crippen MR) is 165 cm³/mol. The molecule has 2 amide bonds. The van der Waals surface area contributed by atoms with Crippen LogP contribution in [0.25, 0.3) is 11.1 Å². The van der Waals surface area contributed by atoms with Crippen molar-refractivity contribution in [2.45, 2.75) is 44.3 Å². The molecule has 0 spiro atoms. The van der Waals surface area contributed by atoms with Crippen molar-refractivity contribution in [2.24, 2.45) is 0 Å². The van der Waals surface area contributed by atoms with E-state index in [0.717, 1.165) is 12.0 Å². The molecule has 9 nitrogen and oxygen atoms in total. The molecule has 5 rings (SSSR count). The highest BCUT2D eigenvalue weighted by Crippen LogP contribution is 2.42. The summed E-state index contributed by atoms with van der Waals surface area (Å²) >= 11 is 0. The number of hydrogen-bond donors (Lipinski definition) is 4. The van der Waals surface area contributed by atoms with Crippen LogP contribution < -0.4 is 16.4 Å². The SMILES string of the molecule is Nc1ccccc1NC(=O)CCCCNC(=O)C1=C[C@H](c2cccc3c2Cc2ccccc2-3)C[C@H](OCCOCCO)O1. The van der Waals surface area contributed by atoms with Gasteiger partial charge in [0.05, 0.1) is 37.8 Å². The Hall–Kier alpha value is -4.18. The number of nitrogen functional groups attached to an aromatic ring is 1. The van der Waals surface area contributed by atoms with Crippen LogP contribution in [-0.4, -0.2) is 56.2 Å². The monoisotopic (exact) mass is 585 g/mol. The molecule has 3 aromatic rings. The lowest BCUT2D eigenvalue weighted by Gasteiger charge is -2.30. The van der Waals surface area contributed by atoms with Crippen LogP contribution in [0.15, 0.2) is 78.6 Å². The highest BCUT2D eigenvalue weighted by atomic mass is 16.7. The number of amides is 2. The molecule has 2 atom stereocenters. The van der Waals surface area contributed by atoms with Crippen molar-refractivity contribution in [2.75, 3.05) is 44.0 Å². The van der Waals surface area contributed by atoms with Crippen molar-refractivity contribution in [3.05, 3.63) is 95.3 Å². The maximum Gasteiger partial charge on any atom is 0.286 e. The number of carbonyl (C=O) groups is 2. The maximum atomic E-state index is 13.2. The molecule has 0 saturated heterocycles. The summed E-state index contributed by atoms with van der Waals surface area (Å²) in [6.45, 7) is 1.19. The molecule has 0 fully saturated rings. The quantitative estimate of drug-likeness (QED) is 0.127. The summed E-state index contributed by atoms with van der Waals surface area (Å²) < 4.78 is 17.3. The first-order chi connectivity index (χ1) is 21.0. The highest BCUT2D eigenvalue weighted by Gasteiger charge is 2.31. The minimum atomic E-state index is -0.623. The Kier molecular flexibility index (Phi) is 10.4. The highest BCUT2D eigenvalue weighted by molar-refractivity contribution is 5.94. The molecule has 0 saturated carbocycles. The summed E-state index contributed by atoms with van der Waals surface area (Å²) in [5.74, 6) is -0.280. The molecular weight excluding hydrogens is 546 g/mol. The molecule has 3 aromatic carbocycles. The lowest BCUT2D eigenvalue weighted by atomic mass is 9.87. The van der Waals surface area contributed by atoms with Crippen LogP contribution >= 0.6 is 0 Å². The van der Waals surface area contributed by atoms with E-state index >= 15 is 0 Å². The zero-order valence-corrected chi connectivity index (χ0v) is 24.2. The Morgan fingerprint density at radius 3 is 2.63 bits per heavy atom. The van der Waals surface area contributed by atoms with E-state index < -0.39 is 6.29 Å². The van der Waals surface area contributed by atoms with Gasteiger partial charge in [0.25, 0.3) is 5.91 Å². The van der Waals surface area contributed by atoms with Crippen LogP contribution in [-0.2, 0) is 30.2 Å². The molecule has 0 unspecified atom stereocenters. The van der Waals surface area contributed by atoms with E-state index in [-0.39, 0.29) is 43.3 Å². The summed E-state index contributed by atoms with van der Waals surface area (Å²) in [6.07, 6.45) is 4.24. The average Bonchev–Trinajstić information content (AvgIpc) is 3.40. The van der Waals surface area contributed by atoms with Crippen LogP contribution in [0.5, 0.6) is 0 Å². The Labute approximate surface area is 252 Å². The normalized spacial score (nSPS) is 16.9. The number of nitrogens with one attached hydrogen (secondary N) is 2. The minimum absolute atomic E-state index is 0.0527. The molecule has 43 heavy (non-hydrogen) atoms. The number of hydrogen-bond acceptors (Lipinski definition) is 7. The number of para-hydroxylation sites is 2. The van der Waals surface area contributed by atoms with E-state index in [1.165, 1.54) is 22.3 Å². The molecule has 1 heterocycles.